The summed E-state index contributed by atoms with van der Waals surface area (Å²) in [5.41, 5.74) is 1.47. The molecule has 1 aromatic rings. The van der Waals surface area contributed by atoms with Crippen LogP contribution in [0.1, 0.15) is 25.8 Å². The molecule has 0 heterocycles. The van der Waals surface area contributed by atoms with Crippen LogP contribution < -0.4 is 14.8 Å². The molecular weight excluding hydrogens is 276 g/mol. The number of aryl methyl sites for hydroxylation is 1. The lowest BCUT2D eigenvalue weighted by atomic mass is 10.2. The zero-order chi connectivity index (χ0) is 15.2. The molecule has 0 aliphatic carbocycles. The number of hydrogen-bond acceptors (Lipinski definition) is 4. The summed E-state index contributed by atoms with van der Waals surface area (Å²) in [7, 11) is -1.83. The van der Waals surface area contributed by atoms with Gasteiger partial charge in [-0.15, -0.1) is 0 Å². The Morgan fingerprint density at radius 2 is 2.00 bits per heavy atom. The van der Waals surface area contributed by atoms with E-state index in [-0.39, 0.29) is 5.75 Å². The summed E-state index contributed by atoms with van der Waals surface area (Å²) in [6.07, 6.45) is 0.571. The van der Waals surface area contributed by atoms with Crippen molar-refractivity contribution in [3.63, 3.8) is 0 Å². The Hall–Kier alpha value is -1.27. The summed E-state index contributed by atoms with van der Waals surface area (Å²) in [4.78, 5) is 0. The van der Waals surface area contributed by atoms with Gasteiger partial charge in [-0.25, -0.2) is 8.42 Å². The summed E-state index contributed by atoms with van der Waals surface area (Å²) in [6.45, 7) is 6.65. The summed E-state index contributed by atoms with van der Waals surface area (Å²) in [6, 6.07) is 5.77. The Labute approximate surface area is 121 Å². The molecule has 1 aromatic carbocycles. The van der Waals surface area contributed by atoms with Crippen molar-refractivity contribution in [3.05, 3.63) is 23.8 Å². The minimum absolute atomic E-state index is 0.0871. The second kappa shape index (κ2) is 7.50. The quantitative estimate of drug-likeness (QED) is 0.722. The van der Waals surface area contributed by atoms with Crippen molar-refractivity contribution in [3.8, 4) is 5.75 Å². The van der Waals surface area contributed by atoms with Gasteiger partial charge in [-0.3, -0.25) is 4.72 Å². The molecule has 0 atom stereocenters. The molecule has 1 rings (SSSR count). The molecule has 0 radical (unpaired) electrons. The molecule has 2 N–H and O–H groups in total. The van der Waals surface area contributed by atoms with Crippen LogP contribution in [0.3, 0.4) is 0 Å². The Morgan fingerprint density at radius 3 is 2.60 bits per heavy atom. The molecule has 0 spiro atoms. The molecule has 0 amide bonds. The van der Waals surface area contributed by atoms with Crippen molar-refractivity contribution in [1.29, 1.82) is 0 Å². The van der Waals surface area contributed by atoms with Crippen LogP contribution in [0.4, 0.5) is 5.69 Å². The van der Waals surface area contributed by atoms with E-state index in [1.165, 1.54) is 7.11 Å². The van der Waals surface area contributed by atoms with Crippen molar-refractivity contribution < 1.29 is 13.2 Å². The van der Waals surface area contributed by atoms with Crippen LogP contribution in [-0.4, -0.2) is 33.9 Å². The van der Waals surface area contributed by atoms with Crippen molar-refractivity contribution in [1.82, 2.24) is 5.32 Å². The lowest BCUT2D eigenvalue weighted by molar-refractivity contribution is 0.417. The third-order valence-electron chi connectivity index (χ3n) is 2.76. The van der Waals surface area contributed by atoms with E-state index in [0.29, 0.717) is 30.4 Å². The first-order valence-corrected chi connectivity index (χ1v) is 8.38. The largest absolute Gasteiger partial charge is 0.495 e. The maximum atomic E-state index is 12.0. The Balaban J connectivity index is 2.64. The van der Waals surface area contributed by atoms with Crippen molar-refractivity contribution >= 4 is 15.7 Å². The first-order chi connectivity index (χ1) is 9.34. The van der Waals surface area contributed by atoms with Crippen LogP contribution in [0, 0.1) is 6.92 Å². The van der Waals surface area contributed by atoms with Crippen LogP contribution in [0.15, 0.2) is 18.2 Å². The molecule has 5 nitrogen and oxygen atoms in total. The van der Waals surface area contributed by atoms with E-state index in [9.17, 15) is 8.42 Å². The zero-order valence-corrected chi connectivity index (χ0v) is 13.4. The van der Waals surface area contributed by atoms with Gasteiger partial charge >= 0.3 is 0 Å². The summed E-state index contributed by atoms with van der Waals surface area (Å²) < 4.78 is 31.8. The van der Waals surface area contributed by atoms with Gasteiger partial charge in [0.2, 0.25) is 10.0 Å². The predicted octanol–water partition coefficient (Wildman–Crippen LogP) is 2.13. The van der Waals surface area contributed by atoms with E-state index < -0.39 is 10.0 Å². The summed E-state index contributed by atoms with van der Waals surface area (Å²) >= 11 is 0. The van der Waals surface area contributed by atoms with Crippen LogP contribution in [0.2, 0.25) is 0 Å². The Bertz CT molecular complexity index is 527. The van der Waals surface area contributed by atoms with Gasteiger partial charge in [0.25, 0.3) is 0 Å². The highest BCUT2D eigenvalue weighted by Crippen LogP contribution is 2.26. The van der Waals surface area contributed by atoms with E-state index in [2.05, 4.69) is 10.0 Å². The van der Waals surface area contributed by atoms with Gasteiger partial charge in [0, 0.05) is 6.04 Å². The number of benzene rings is 1. The normalized spacial score (nSPS) is 11.7. The number of methoxy groups -OCH3 is 1. The van der Waals surface area contributed by atoms with E-state index in [4.69, 9.17) is 4.74 Å². The molecule has 6 heteroatoms. The van der Waals surface area contributed by atoms with Crippen molar-refractivity contribution in [2.75, 3.05) is 24.1 Å². The molecular formula is C14H24N2O3S. The zero-order valence-electron chi connectivity index (χ0n) is 12.6. The van der Waals surface area contributed by atoms with Crippen LogP contribution in [-0.2, 0) is 10.0 Å². The molecule has 0 saturated carbocycles. The topological polar surface area (TPSA) is 67.4 Å². The number of ether oxygens (including phenoxy) is 1. The highest BCUT2D eigenvalue weighted by atomic mass is 32.2. The molecule has 0 aliphatic rings. The minimum Gasteiger partial charge on any atom is -0.495 e. The molecule has 0 saturated heterocycles. The van der Waals surface area contributed by atoms with Crippen LogP contribution in [0.25, 0.3) is 0 Å². The number of rotatable bonds is 8. The van der Waals surface area contributed by atoms with Crippen LogP contribution in [0.5, 0.6) is 5.75 Å². The van der Waals surface area contributed by atoms with Gasteiger partial charge in [-0.05, 0) is 37.6 Å². The first-order valence-electron chi connectivity index (χ1n) is 6.72. The highest BCUT2D eigenvalue weighted by molar-refractivity contribution is 7.92. The molecule has 0 unspecified atom stereocenters. The Morgan fingerprint density at radius 1 is 1.30 bits per heavy atom. The molecule has 0 fully saturated rings. The predicted molar refractivity (Wildman–Crippen MR) is 82.9 cm³/mol. The van der Waals surface area contributed by atoms with Crippen molar-refractivity contribution in [2.24, 2.45) is 0 Å². The molecule has 20 heavy (non-hydrogen) atoms. The number of nitrogens with one attached hydrogen (secondary N) is 2. The summed E-state index contributed by atoms with van der Waals surface area (Å²) in [5.74, 6) is 0.614. The smallest absolute Gasteiger partial charge is 0.232 e. The SMILES string of the molecule is COc1ccc(C)cc1NS(=O)(=O)CCCNC(C)C. The van der Waals surface area contributed by atoms with Gasteiger partial charge in [0.1, 0.15) is 5.75 Å². The first kappa shape index (κ1) is 16.8. The highest BCUT2D eigenvalue weighted by Gasteiger charge is 2.13. The second-order valence-electron chi connectivity index (χ2n) is 5.09. The van der Waals surface area contributed by atoms with Crippen LogP contribution >= 0.6 is 0 Å². The van der Waals surface area contributed by atoms with E-state index in [1.54, 1.807) is 12.1 Å². The average molecular weight is 300 g/mol. The van der Waals surface area contributed by atoms with Gasteiger partial charge in [-0.2, -0.15) is 0 Å². The fraction of sp³-hybridized carbons (Fsp3) is 0.571. The molecule has 114 valence electrons. The molecule has 0 aromatic heterocycles. The molecule has 0 aliphatic heterocycles. The number of anilines is 1. The van der Waals surface area contributed by atoms with Gasteiger partial charge in [-0.1, -0.05) is 19.9 Å². The lowest BCUT2D eigenvalue weighted by Gasteiger charge is -2.13. The fourth-order valence-corrected chi connectivity index (χ4v) is 2.89. The third kappa shape index (κ3) is 5.79. The minimum atomic E-state index is -3.35. The standard InChI is InChI=1S/C14H24N2O3S/c1-11(2)15-8-5-9-20(17,18)16-13-10-12(3)6-7-14(13)19-4/h6-7,10-11,15-16H,5,8-9H2,1-4H3. The maximum Gasteiger partial charge on any atom is 0.232 e. The second-order valence-corrected chi connectivity index (χ2v) is 6.93. The lowest BCUT2D eigenvalue weighted by Crippen LogP contribution is -2.26. The summed E-state index contributed by atoms with van der Waals surface area (Å²) in [5, 5.41) is 3.20. The molecule has 0 bridgehead atoms. The third-order valence-corrected chi connectivity index (χ3v) is 4.12. The average Bonchev–Trinajstić information content (AvgIpc) is 2.34. The van der Waals surface area contributed by atoms with E-state index in [1.807, 2.05) is 26.8 Å². The van der Waals surface area contributed by atoms with Crippen molar-refractivity contribution in [2.45, 2.75) is 33.2 Å². The van der Waals surface area contributed by atoms with Gasteiger partial charge < -0.3 is 10.1 Å². The fourth-order valence-electron chi connectivity index (χ4n) is 1.77. The van der Waals surface area contributed by atoms with E-state index in [0.717, 1.165) is 5.56 Å². The Kier molecular flexibility index (Phi) is 6.29. The number of sulfonamides is 1. The monoisotopic (exact) mass is 300 g/mol. The van der Waals surface area contributed by atoms with Gasteiger partial charge in [0.05, 0.1) is 18.6 Å². The van der Waals surface area contributed by atoms with Gasteiger partial charge in [0.15, 0.2) is 0 Å². The van der Waals surface area contributed by atoms with E-state index >= 15 is 0 Å². The maximum absolute atomic E-state index is 12.0. The number of hydrogen-bond donors (Lipinski definition) is 2.